The van der Waals surface area contributed by atoms with E-state index in [4.69, 9.17) is 0 Å². The Labute approximate surface area is 148 Å². The summed E-state index contributed by atoms with van der Waals surface area (Å²) >= 11 is 0.562. The van der Waals surface area contributed by atoms with Crippen LogP contribution in [0.3, 0.4) is 0 Å². The number of alkyl halides is 6. The highest BCUT2D eigenvalue weighted by Gasteiger charge is 2.42. The second-order valence-electron chi connectivity index (χ2n) is 5.00. The summed E-state index contributed by atoms with van der Waals surface area (Å²) in [5, 5.41) is 3.03. The lowest BCUT2D eigenvalue weighted by Crippen LogP contribution is -2.14. The fourth-order valence-electron chi connectivity index (χ4n) is 2.06. The number of hydrogen-bond donors (Lipinski definition) is 0. The van der Waals surface area contributed by atoms with Crippen LogP contribution in [0, 0.1) is 0 Å². The molecule has 26 heavy (non-hydrogen) atoms. The Hall–Kier alpha value is -2.17. The Morgan fingerprint density at radius 3 is 2.38 bits per heavy atom. The summed E-state index contributed by atoms with van der Waals surface area (Å²) < 4.78 is 83.3. The molecule has 4 nitrogen and oxygen atoms in total. The molecule has 0 fully saturated rings. The van der Waals surface area contributed by atoms with Crippen molar-refractivity contribution in [2.75, 3.05) is 6.61 Å². The third-order valence-electron chi connectivity index (χ3n) is 3.12. The van der Waals surface area contributed by atoms with Gasteiger partial charge in [-0.25, -0.2) is 4.79 Å². The van der Waals surface area contributed by atoms with Gasteiger partial charge in [0.15, 0.2) is 5.69 Å². The van der Waals surface area contributed by atoms with E-state index in [1.54, 1.807) is 0 Å². The Morgan fingerprint density at radius 1 is 1.19 bits per heavy atom. The standard InChI is InChI=1S/C15H12F6N2O2S/c1-3-25-13(24)10-11(15(19,20)21)22-23(2)12(10)26-9-6-4-5-8(7-9)14(16,17)18/h4-7H,3H2,1-2H3. The van der Waals surface area contributed by atoms with Gasteiger partial charge in [-0.15, -0.1) is 0 Å². The largest absolute Gasteiger partial charge is 0.462 e. The number of esters is 1. The Morgan fingerprint density at radius 2 is 1.85 bits per heavy atom. The lowest BCUT2D eigenvalue weighted by molar-refractivity contribution is -0.142. The number of carbonyl (C=O) groups excluding carboxylic acids is 1. The molecule has 142 valence electrons. The predicted octanol–water partition coefficient (Wildman–Crippen LogP) is 4.79. The fourth-order valence-corrected chi connectivity index (χ4v) is 3.07. The molecule has 1 aromatic carbocycles. The monoisotopic (exact) mass is 398 g/mol. The zero-order valence-corrected chi connectivity index (χ0v) is 14.2. The van der Waals surface area contributed by atoms with Gasteiger partial charge in [-0.1, -0.05) is 17.8 Å². The second-order valence-corrected chi connectivity index (χ2v) is 6.06. The van der Waals surface area contributed by atoms with Gasteiger partial charge in [-0.05, 0) is 25.1 Å². The molecule has 0 aliphatic heterocycles. The van der Waals surface area contributed by atoms with Crippen LogP contribution in [0.1, 0.15) is 28.5 Å². The molecular formula is C15H12F6N2O2S. The molecule has 0 atom stereocenters. The van der Waals surface area contributed by atoms with Crippen LogP contribution < -0.4 is 0 Å². The Balaban J connectivity index is 2.53. The van der Waals surface area contributed by atoms with Crippen molar-refractivity contribution >= 4 is 17.7 Å². The lowest BCUT2D eigenvalue weighted by Gasteiger charge is -2.10. The first-order valence-corrected chi connectivity index (χ1v) is 7.93. The highest BCUT2D eigenvalue weighted by molar-refractivity contribution is 7.99. The summed E-state index contributed by atoms with van der Waals surface area (Å²) in [5.74, 6) is -1.25. The smallest absolute Gasteiger partial charge is 0.436 e. The molecule has 0 N–H and O–H groups in total. The van der Waals surface area contributed by atoms with Crippen molar-refractivity contribution in [3.05, 3.63) is 41.1 Å². The average Bonchev–Trinajstić information content (AvgIpc) is 2.84. The minimum absolute atomic E-state index is 0.00194. The van der Waals surface area contributed by atoms with Crippen LogP contribution in [0.4, 0.5) is 26.3 Å². The van der Waals surface area contributed by atoms with E-state index < -0.39 is 35.1 Å². The Bertz CT molecular complexity index is 813. The van der Waals surface area contributed by atoms with E-state index in [0.717, 1.165) is 29.9 Å². The third-order valence-corrected chi connectivity index (χ3v) is 4.27. The van der Waals surface area contributed by atoms with Crippen molar-refractivity contribution in [3.8, 4) is 0 Å². The van der Waals surface area contributed by atoms with Gasteiger partial charge in [0, 0.05) is 11.9 Å². The average molecular weight is 398 g/mol. The van der Waals surface area contributed by atoms with Gasteiger partial charge in [-0.2, -0.15) is 31.4 Å². The molecule has 2 aromatic rings. The quantitative estimate of drug-likeness (QED) is 0.549. The van der Waals surface area contributed by atoms with Gasteiger partial charge < -0.3 is 4.74 Å². The molecule has 2 rings (SSSR count). The highest BCUT2D eigenvalue weighted by atomic mass is 32.2. The number of benzene rings is 1. The summed E-state index contributed by atoms with van der Waals surface area (Å²) in [7, 11) is 1.16. The number of aromatic nitrogens is 2. The number of halogens is 6. The van der Waals surface area contributed by atoms with E-state index in [-0.39, 0.29) is 16.5 Å². The van der Waals surface area contributed by atoms with Crippen LogP contribution in [0.2, 0.25) is 0 Å². The Kier molecular flexibility index (Phi) is 5.59. The minimum atomic E-state index is -4.92. The molecule has 1 aromatic heterocycles. The minimum Gasteiger partial charge on any atom is -0.462 e. The predicted molar refractivity (Wildman–Crippen MR) is 79.7 cm³/mol. The van der Waals surface area contributed by atoms with Gasteiger partial charge in [0.25, 0.3) is 0 Å². The third kappa shape index (κ3) is 4.32. The number of hydrogen-bond acceptors (Lipinski definition) is 4. The normalized spacial score (nSPS) is 12.3. The molecular weight excluding hydrogens is 386 g/mol. The second kappa shape index (κ2) is 7.22. The van der Waals surface area contributed by atoms with Gasteiger partial charge >= 0.3 is 18.3 Å². The summed E-state index contributed by atoms with van der Waals surface area (Å²) in [5.41, 5.74) is -3.24. The maximum atomic E-state index is 13.2. The van der Waals surface area contributed by atoms with Crippen molar-refractivity contribution < 1.29 is 35.9 Å². The number of ether oxygens (including phenoxy) is 1. The summed E-state index contributed by atoms with van der Waals surface area (Å²) in [6.45, 7) is 1.25. The summed E-state index contributed by atoms with van der Waals surface area (Å²) in [6.07, 6.45) is -9.53. The van der Waals surface area contributed by atoms with Crippen molar-refractivity contribution in [3.63, 3.8) is 0 Å². The molecule has 0 amide bonds. The van der Waals surface area contributed by atoms with E-state index in [1.165, 1.54) is 13.0 Å². The van der Waals surface area contributed by atoms with Crippen LogP contribution in [-0.2, 0) is 24.1 Å². The zero-order chi connectivity index (χ0) is 19.7. The van der Waals surface area contributed by atoms with Gasteiger partial charge in [0.05, 0.1) is 12.2 Å². The fraction of sp³-hybridized carbons (Fsp3) is 0.333. The van der Waals surface area contributed by atoms with E-state index in [1.807, 2.05) is 0 Å². The van der Waals surface area contributed by atoms with E-state index in [0.29, 0.717) is 11.8 Å². The van der Waals surface area contributed by atoms with Crippen LogP contribution in [0.15, 0.2) is 34.2 Å². The molecule has 0 saturated heterocycles. The molecule has 0 spiro atoms. The molecule has 0 bridgehead atoms. The molecule has 0 unspecified atom stereocenters. The van der Waals surface area contributed by atoms with Crippen LogP contribution >= 0.6 is 11.8 Å². The van der Waals surface area contributed by atoms with E-state index >= 15 is 0 Å². The van der Waals surface area contributed by atoms with Gasteiger partial charge in [0.1, 0.15) is 10.6 Å². The van der Waals surface area contributed by atoms with Crippen LogP contribution in [0.25, 0.3) is 0 Å². The van der Waals surface area contributed by atoms with Crippen molar-refractivity contribution in [2.45, 2.75) is 29.2 Å². The van der Waals surface area contributed by atoms with Gasteiger partial charge in [0.2, 0.25) is 0 Å². The maximum absolute atomic E-state index is 13.2. The zero-order valence-electron chi connectivity index (χ0n) is 13.4. The SMILES string of the molecule is CCOC(=O)c1c(C(F)(F)F)nn(C)c1Sc1cccc(C(F)(F)F)c1. The number of carbonyl (C=O) groups is 1. The van der Waals surface area contributed by atoms with Crippen LogP contribution in [0.5, 0.6) is 0 Å². The molecule has 0 aliphatic rings. The molecule has 0 radical (unpaired) electrons. The first-order chi connectivity index (χ1) is 11.9. The first-order valence-electron chi connectivity index (χ1n) is 7.11. The number of nitrogens with zero attached hydrogens (tertiary/aromatic N) is 2. The van der Waals surface area contributed by atoms with E-state index in [2.05, 4.69) is 9.84 Å². The molecule has 11 heteroatoms. The lowest BCUT2D eigenvalue weighted by atomic mass is 10.2. The topological polar surface area (TPSA) is 44.1 Å². The van der Waals surface area contributed by atoms with Crippen LogP contribution in [-0.4, -0.2) is 22.4 Å². The molecule has 0 saturated carbocycles. The summed E-state index contributed by atoms with van der Waals surface area (Å²) in [6, 6.07) is 4.02. The maximum Gasteiger partial charge on any atom is 0.436 e. The van der Waals surface area contributed by atoms with E-state index in [9.17, 15) is 31.1 Å². The molecule has 1 heterocycles. The van der Waals surface area contributed by atoms with Crippen molar-refractivity contribution in [1.82, 2.24) is 9.78 Å². The summed E-state index contributed by atoms with van der Waals surface area (Å²) in [4.78, 5) is 12.0. The first kappa shape index (κ1) is 20.1. The van der Waals surface area contributed by atoms with Crippen molar-refractivity contribution in [2.24, 2.45) is 7.05 Å². The van der Waals surface area contributed by atoms with Crippen molar-refractivity contribution in [1.29, 1.82) is 0 Å². The number of aryl methyl sites for hydroxylation is 1. The molecule has 0 aliphatic carbocycles. The highest BCUT2D eigenvalue weighted by Crippen LogP contribution is 2.40. The van der Waals surface area contributed by atoms with Gasteiger partial charge in [-0.3, -0.25) is 4.68 Å². The number of rotatable bonds is 4.